The van der Waals surface area contributed by atoms with Gasteiger partial charge in [-0.05, 0) is 0 Å². The summed E-state index contributed by atoms with van der Waals surface area (Å²) in [6.07, 6.45) is 1.41. The predicted octanol–water partition coefficient (Wildman–Crippen LogP) is 0.432. The van der Waals surface area contributed by atoms with Gasteiger partial charge >= 0.3 is 0 Å². The highest BCUT2D eigenvalue weighted by atomic mass is 35.5. The van der Waals surface area contributed by atoms with Crippen LogP contribution in [-0.2, 0) is 25.4 Å². The molecule has 9 heteroatoms. The summed E-state index contributed by atoms with van der Waals surface area (Å²) in [5, 5.41) is 6.23. The molecule has 0 fully saturated rings. The van der Waals surface area contributed by atoms with Gasteiger partial charge in [0.1, 0.15) is 0 Å². The first kappa shape index (κ1) is 16.4. The highest BCUT2D eigenvalue weighted by molar-refractivity contribution is 7.89. The van der Waals surface area contributed by atoms with E-state index in [0.717, 1.165) is 0 Å². The standard InChI is InChI=1S/C10H18ClN3O4S/c1-17-5-3-14(4-6-18-2)19(15,16)10-9(7-11)8-12-13-10/h8H,3-7H2,1-2H3,(H,12,13). The fraction of sp³-hybridized carbons (Fsp3) is 0.700. The first-order valence-electron chi connectivity index (χ1n) is 5.64. The molecule has 0 unspecified atom stereocenters. The Morgan fingerprint density at radius 3 is 2.37 bits per heavy atom. The van der Waals surface area contributed by atoms with E-state index in [9.17, 15) is 8.42 Å². The molecule has 0 aliphatic heterocycles. The van der Waals surface area contributed by atoms with Gasteiger partial charge in [0.2, 0.25) is 0 Å². The summed E-state index contributed by atoms with van der Waals surface area (Å²) in [5.74, 6) is 0.0768. The number of hydrogen-bond donors (Lipinski definition) is 1. The van der Waals surface area contributed by atoms with Gasteiger partial charge in [0.05, 0.1) is 25.3 Å². The number of nitrogens with zero attached hydrogens (tertiary/aromatic N) is 2. The molecule has 19 heavy (non-hydrogen) atoms. The van der Waals surface area contributed by atoms with Crippen LogP contribution in [0.15, 0.2) is 11.2 Å². The van der Waals surface area contributed by atoms with Gasteiger partial charge in [-0.3, -0.25) is 5.10 Å². The lowest BCUT2D eigenvalue weighted by Gasteiger charge is -2.21. The Hall–Kier alpha value is -0.670. The third-order valence-corrected chi connectivity index (χ3v) is 4.71. The molecule has 1 rings (SSSR count). The Balaban J connectivity index is 2.97. The number of methoxy groups -OCH3 is 2. The van der Waals surface area contributed by atoms with E-state index < -0.39 is 10.0 Å². The SMILES string of the molecule is COCCN(CCOC)S(=O)(=O)c1[nH]ncc1CCl. The van der Waals surface area contributed by atoms with E-state index in [1.165, 1.54) is 24.7 Å². The second kappa shape index (κ2) is 7.81. The smallest absolute Gasteiger partial charge is 0.260 e. The minimum Gasteiger partial charge on any atom is -0.383 e. The number of ether oxygens (including phenoxy) is 2. The molecule has 0 amide bonds. The van der Waals surface area contributed by atoms with Gasteiger partial charge in [-0.15, -0.1) is 11.6 Å². The first-order valence-corrected chi connectivity index (χ1v) is 7.61. The number of nitrogens with one attached hydrogen (secondary N) is 1. The molecule has 0 saturated heterocycles. The Bertz CT molecular complexity index is 469. The third-order valence-electron chi connectivity index (χ3n) is 2.51. The van der Waals surface area contributed by atoms with E-state index in [1.54, 1.807) is 0 Å². The van der Waals surface area contributed by atoms with Crippen LogP contribution in [0.5, 0.6) is 0 Å². The van der Waals surface area contributed by atoms with Crippen LogP contribution in [0.3, 0.4) is 0 Å². The molecule has 1 aromatic rings. The molecular formula is C10H18ClN3O4S. The maximum atomic E-state index is 12.5. The van der Waals surface area contributed by atoms with E-state index in [2.05, 4.69) is 10.2 Å². The molecule has 0 bridgehead atoms. The summed E-state index contributed by atoms with van der Waals surface area (Å²) in [6, 6.07) is 0. The number of aromatic nitrogens is 2. The van der Waals surface area contributed by atoms with E-state index in [0.29, 0.717) is 18.8 Å². The lowest BCUT2D eigenvalue weighted by atomic mass is 10.4. The van der Waals surface area contributed by atoms with Crippen molar-refractivity contribution < 1.29 is 17.9 Å². The van der Waals surface area contributed by atoms with E-state index in [1.807, 2.05) is 0 Å². The van der Waals surface area contributed by atoms with E-state index in [4.69, 9.17) is 21.1 Å². The topological polar surface area (TPSA) is 84.5 Å². The second-order valence-corrected chi connectivity index (χ2v) is 5.89. The number of hydrogen-bond acceptors (Lipinski definition) is 5. The Labute approximate surface area is 117 Å². The van der Waals surface area contributed by atoms with Crippen molar-refractivity contribution in [3.63, 3.8) is 0 Å². The molecule has 1 N–H and O–H groups in total. The molecule has 0 aromatic carbocycles. The first-order chi connectivity index (χ1) is 9.07. The predicted molar refractivity (Wildman–Crippen MR) is 70.7 cm³/mol. The number of H-pyrrole nitrogens is 1. The zero-order valence-electron chi connectivity index (χ0n) is 10.9. The molecule has 7 nitrogen and oxygen atoms in total. The number of aromatic amines is 1. The van der Waals surface area contributed by atoms with Crippen molar-refractivity contribution in [1.82, 2.24) is 14.5 Å². The van der Waals surface area contributed by atoms with Crippen molar-refractivity contribution in [3.8, 4) is 0 Å². The molecule has 0 aliphatic rings. The monoisotopic (exact) mass is 311 g/mol. The minimum absolute atomic E-state index is 0.0229. The summed E-state index contributed by atoms with van der Waals surface area (Å²) in [7, 11) is -0.643. The zero-order chi connectivity index (χ0) is 14.3. The number of halogens is 1. The summed E-state index contributed by atoms with van der Waals surface area (Å²) in [6.45, 7) is 1.08. The Morgan fingerprint density at radius 2 is 1.89 bits per heavy atom. The van der Waals surface area contributed by atoms with Gasteiger partial charge < -0.3 is 9.47 Å². The third kappa shape index (κ3) is 4.15. The number of alkyl halides is 1. The van der Waals surface area contributed by atoms with Crippen molar-refractivity contribution in [3.05, 3.63) is 11.8 Å². The molecule has 0 spiro atoms. The molecule has 0 radical (unpaired) electrons. The van der Waals surface area contributed by atoms with Crippen LogP contribution in [0.2, 0.25) is 0 Å². The van der Waals surface area contributed by atoms with Gasteiger partial charge in [-0.1, -0.05) is 0 Å². The minimum atomic E-state index is -3.67. The van der Waals surface area contributed by atoms with Crippen molar-refractivity contribution in [2.45, 2.75) is 10.9 Å². The normalized spacial score (nSPS) is 12.2. The lowest BCUT2D eigenvalue weighted by molar-refractivity contribution is 0.150. The molecule has 1 aromatic heterocycles. The Morgan fingerprint density at radius 1 is 1.32 bits per heavy atom. The van der Waals surface area contributed by atoms with Crippen LogP contribution in [-0.4, -0.2) is 63.4 Å². The lowest BCUT2D eigenvalue weighted by Crippen LogP contribution is -2.37. The maximum Gasteiger partial charge on any atom is 0.260 e. The summed E-state index contributed by atoms with van der Waals surface area (Å²) in [5.41, 5.74) is 0.446. The fourth-order valence-corrected chi connectivity index (χ4v) is 3.28. The average molecular weight is 312 g/mol. The highest BCUT2D eigenvalue weighted by Gasteiger charge is 2.28. The van der Waals surface area contributed by atoms with Gasteiger partial charge in [0, 0.05) is 32.9 Å². The number of rotatable bonds is 9. The van der Waals surface area contributed by atoms with Crippen LogP contribution < -0.4 is 0 Å². The second-order valence-electron chi connectivity index (χ2n) is 3.75. The number of sulfonamides is 1. The van der Waals surface area contributed by atoms with E-state index >= 15 is 0 Å². The van der Waals surface area contributed by atoms with Crippen molar-refractivity contribution >= 4 is 21.6 Å². The molecule has 0 saturated carbocycles. The average Bonchev–Trinajstić information content (AvgIpc) is 2.87. The van der Waals surface area contributed by atoms with Crippen LogP contribution in [0, 0.1) is 0 Å². The molecule has 0 atom stereocenters. The molecule has 0 aliphatic carbocycles. The summed E-state index contributed by atoms with van der Waals surface area (Å²) in [4.78, 5) is 0. The van der Waals surface area contributed by atoms with Crippen molar-refractivity contribution in [2.24, 2.45) is 0 Å². The highest BCUT2D eigenvalue weighted by Crippen LogP contribution is 2.18. The zero-order valence-corrected chi connectivity index (χ0v) is 12.5. The van der Waals surface area contributed by atoms with Crippen molar-refractivity contribution in [1.29, 1.82) is 0 Å². The van der Waals surface area contributed by atoms with Gasteiger partial charge in [0.25, 0.3) is 10.0 Å². The van der Waals surface area contributed by atoms with Crippen LogP contribution in [0.25, 0.3) is 0 Å². The van der Waals surface area contributed by atoms with Crippen LogP contribution in [0.4, 0.5) is 0 Å². The molecule has 1 heterocycles. The van der Waals surface area contributed by atoms with Crippen LogP contribution >= 0.6 is 11.6 Å². The van der Waals surface area contributed by atoms with Crippen molar-refractivity contribution in [2.75, 3.05) is 40.5 Å². The van der Waals surface area contributed by atoms with Gasteiger partial charge in [-0.2, -0.15) is 9.40 Å². The Kier molecular flexibility index (Phi) is 6.73. The molecule has 110 valence electrons. The maximum absolute atomic E-state index is 12.5. The fourth-order valence-electron chi connectivity index (χ4n) is 1.49. The van der Waals surface area contributed by atoms with E-state index in [-0.39, 0.29) is 24.0 Å². The molecular weight excluding hydrogens is 294 g/mol. The largest absolute Gasteiger partial charge is 0.383 e. The van der Waals surface area contributed by atoms with Gasteiger partial charge in [-0.25, -0.2) is 8.42 Å². The van der Waals surface area contributed by atoms with Gasteiger partial charge in [0.15, 0.2) is 5.03 Å². The summed E-state index contributed by atoms with van der Waals surface area (Å²) < 4.78 is 36.1. The quantitative estimate of drug-likeness (QED) is 0.669. The van der Waals surface area contributed by atoms with Crippen LogP contribution in [0.1, 0.15) is 5.56 Å². The summed E-state index contributed by atoms with van der Waals surface area (Å²) >= 11 is 5.70.